The molecule has 0 atom stereocenters. The molecule has 0 aliphatic rings. The molecule has 8 heteroatoms. The second-order valence-electron chi connectivity index (χ2n) is 5.72. The minimum atomic E-state index is -0.0572. The van der Waals surface area contributed by atoms with Crippen LogP contribution in [-0.4, -0.2) is 42.6 Å². The third-order valence-corrected chi connectivity index (χ3v) is 4.20. The van der Waals surface area contributed by atoms with Gasteiger partial charge in [-0.25, -0.2) is 0 Å². The Kier molecular flexibility index (Phi) is 11.8. The van der Waals surface area contributed by atoms with Crippen molar-refractivity contribution in [1.29, 1.82) is 0 Å². The summed E-state index contributed by atoms with van der Waals surface area (Å²) in [7, 11) is 0. The lowest BCUT2D eigenvalue weighted by atomic mass is 10.2. The van der Waals surface area contributed by atoms with Crippen LogP contribution >= 0.6 is 39.9 Å². The lowest BCUT2D eigenvalue weighted by Crippen LogP contribution is -2.39. The first-order valence-corrected chi connectivity index (χ1v) is 9.65. The summed E-state index contributed by atoms with van der Waals surface area (Å²) in [5.41, 5.74) is 0.664. The number of benzene rings is 1. The fourth-order valence-electron chi connectivity index (χ4n) is 2.34. The molecule has 0 aliphatic carbocycles. The Morgan fingerprint density at radius 3 is 2.44 bits per heavy atom. The predicted octanol–water partition coefficient (Wildman–Crippen LogP) is 3.24. The molecule has 1 aromatic heterocycles. The first-order valence-electron chi connectivity index (χ1n) is 8.85. The van der Waals surface area contributed by atoms with Gasteiger partial charge in [-0.05, 0) is 49.7 Å². The summed E-state index contributed by atoms with van der Waals surface area (Å²) in [6, 6.07) is 11.4. The Bertz CT molecular complexity index is 689. The van der Waals surface area contributed by atoms with E-state index in [0.717, 1.165) is 36.5 Å². The fourth-order valence-corrected chi connectivity index (χ4v) is 2.60. The van der Waals surface area contributed by atoms with Gasteiger partial charge in [0.25, 0.3) is 5.91 Å². The van der Waals surface area contributed by atoms with Crippen LogP contribution in [0, 0.1) is 0 Å². The zero-order valence-corrected chi connectivity index (χ0v) is 19.4. The van der Waals surface area contributed by atoms with Gasteiger partial charge in [-0.15, -0.1) is 24.0 Å². The van der Waals surface area contributed by atoms with E-state index in [4.69, 9.17) is 0 Å². The highest BCUT2D eigenvalue weighted by Crippen LogP contribution is 2.10. The Hall–Kier alpha value is -1.55. The van der Waals surface area contributed by atoms with Gasteiger partial charge in [-0.2, -0.15) is 0 Å². The minimum Gasteiger partial charge on any atom is -0.357 e. The molecule has 1 aromatic carbocycles. The van der Waals surface area contributed by atoms with Crippen molar-refractivity contribution in [3.05, 3.63) is 58.8 Å². The predicted molar refractivity (Wildman–Crippen MR) is 125 cm³/mol. The third kappa shape index (κ3) is 9.28. The number of rotatable bonds is 9. The largest absolute Gasteiger partial charge is 0.357 e. The molecule has 2 rings (SSSR count). The molecule has 0 spiro atoms. The maximum Gasteiger partial charge on any atom is 0.251 e. The standard InChI is InChI=1S/C19H26BrN5O.HI/c1-2-21-19(24-12-15-25-13-3-4-14-25)23-11-5-10-22-18(26)16-6-8-17(20)9-7-16;/h3-4,6-9,13-14H,2,5,10-12,15H2,1H3,(H,22,26)(H2,21,23,24);1H. The number of halogens is 2. The number of hydrogen-bond acceptors (Lipinski definition) is 2. The van der Waals surface area contributed by atoms with Crippen molar-refractivity contribution in [2.75, 3.05) is 26.2 Å². The van der Waals surface area contributed by atoms with Gasteiger partial charge in [-0.1, -0.05) is 15.9 Å². The van der Waals surface area contributed by atoms with Gasteiger partial charge in [0, 0.05) is 55.2 Å². The molecule has 0 fully saturated rings. The van der Waals surface area contributed by atoms with Crippen LogP contribution in [0.2, 0.25) is 0 Å². The molecule has 0 aliphatic heterocycles. The van der Waals surface area contributed by atoms with E-state index in [0.29, 0.717) is 18.7 Å². The Morgan fingerprint density at radius 1 is 1.07 bits per heavy atom. The average molecular weight is 548 g/mol. The van der Waals surface area contributed by atoms with Crippen molar-refractivity contribution < 1.29 is 4.79 Å². The first-order chi connectivity index (χ1) is 12.7. The van der Waals surface area contributed by atoms with Crippen molar-refractivity contribution in [3.63, 3.8) is 0 Å². The van der Waals surface area contributed by atoms with E-state index >= 15 is 0 Å². The molecule has 0 unspecified atom stereocenters. The number of nitrogens with one attached hydrogen (secondary N) is 3. The summed E-state index contributed by atoms with van der Waals surface area (Å²) in [4.78, 5) is 16.6. The van der Waals surface area contributed by atoms with Gasteiger partial charge in [0.2, 0.25) is 0 Å². The highest BCUT2D eigenvalue weighted by molar-refractivity contribution is 14.0. The molecule has 1 amide bonds. The number of nitrogens with zero attached hydrogens (tertiary/aromatic N) is 2. The molecule has 2 aromatic rings. The molecule has 3 N–H and O–H groups in total. The molecule has 0 bridgehead atoms. The van der Waals surface area contributed by atoms with Crippen LogP contribution in [0.3, 0.4) is 0 Å². The highest BCUT2D eigenvalue weighted by atomic mass is 127. The topological polar surface area (TPSA) is 70.4 Å². The van der Waals surface area contributed by atoms with E-state index in [1.54, 1.807) is 12.1 Å². The van der Waals surface area contributed by atoms with Crippen LogP contribution in [0.25, 0.3) is 0 Å². The van der Waals surface area contributed by atoms with Crippen molar-refractivity contribution in [3.8, 4) is 0 Å². The first kappa shape index (κ1) is 23.5. The Balaban J connectivity index is 0.00000364. The summed E-state index contributed by atoms with van der Waals surface area (Å²) in [6.07, 6.45) is 4.87. The number of carbonyl (C=O) groups excluding carboxylic acids is 1. The molecule has 6 nitrogen and oxygen atoms in total. The van der Waals surface area contributed by atoms with E-state index in [1.165, 1.54) is 0 Å². The average Bonchev–Trinajstić information content (AvgIpc) is 3.15. The Morgan fingerprint density at radius 2 is 1.78 bits per heavy atom. The van der Waals surface area contributed by atoms with Crippen LogP contribution in [-0.2, 0) is 6.54 Å². The lowest BCUT2D eigenvalue weighted by molar-refractivity contribution is 0.0953. The van der Waals surface area contributed by atoms with Crippen molar-refractivity contribution >= 4 is 51.8 Å². The zero-order chi connectivity index (χ0) is 18.6. The van der Waals surface area contributed by atoms with E-state index in [2.05, 4.69) is 41.4 Å². The van der Waals surface area contributed by atoms with Gasteiger partial charge < -0.3 is 20.5 Å². The normalized spacial score (nSPS) is 10.8. The van der Waals surface area contributed by atoms with E-state index in [1.807, 2.05) is 43.6 Å². The molecule has 0 saturated heterocycles. The van der Waals surface area contributed by atoms with Crippen molar-refractivity contribution in [1.82, 2.24) is 20.5 Å². The van der Waals surface area contributed by atoms with Crippen LogP contribution in [0.1, 0.15) is 23.7 Å². The SMILES string of the molecule is CCNC(=NCCCNC(=O)c1ccc(Br)cc1)NCCn1cccc1.I. The molecular formula is C19H27BrIN5O. The minimum absolute atomic E-state index is 0. The summed E-state index contributed by atoms with van der Waals surface area (Å²) >= 11 is 3.36. The van der Waals surface area contributed by atoms with E-state index in [9.17, 15) is 4.79 Å². The fraction of sp³-hybridized carbons (Fsp3) is 0.368. The number of guanidine groups is 1. The van der Waals surface area contributed by atoms with Gasteiger partial charge in [0.05, 0.1) is 0 Å². The van der Waals surface area contributed by atoms with Crippen LogP contribution in [0.4, 0.5) is 0 Å². The molecule has 148 valence electrons. The second-order valence-corrected chi connectivity index (χ2v) is 6.64. The molecule has 27 heavy (non-hydrogen) atoms. The summed E-state index contributed by atoms with van der Waals surface area (Å²) in [5, 5.41) is 9.47. The maximum absolute atomic E-state index is 12.0. The number of aliphatic imine (C=N–C) groups is 1. The van der Waals surface area contributed by atoms with E-state index in [-0.39, 0.29) is 29.9 Å². The summed E-state index contributed by atoms with van der Waals surface area (Å²) < 4.78 is 3.08. The summed E-state index contributed by atoms with van der Waals surface area (Å²) in [6.45, 7) is 5.80. The number of aromatic nitrogens is 1. The molecular weight excluding hydrogens is 521 g/mol. The monoisotopic (exact) mass is 547 g/mol. The number of amides is 1. The summed E-state index contributed by atoms with van der Waals surface area (Å²) in [5.74, 6) is 0.747. The lowest BCUT2D eigenvalue weighted by Gasteiger charge is -2.12. The second kappa shape index (κ2) is 13.6. The maximum atomic E-state index is 12.0. The Labute approximate surface area is 186 Å². The molecule has 1 heterocycles. The number of hydrogen-bond donors (Lipinski definition) is 3. The van der Waals surface area contributed by atoms with Crippen molar-refractivity contribution in [2.24, 2.45) is 4.99 Å². The van der Waals surface area contributed by atoms with E-state index < -0.39 is 0 Å². The van der Waals surface area contributed by atoms with Gasteiger partial charge in [0.15, 0.2) is 5.96 Å². The molecule has 0 radical (unpaired) electrons. The van der Waals surface area contributed by atoms with Gasteiger partial charge in [-0.3, -0.25) is 9.79 Å². The van der Waals surface area contributed by atoms with Crippen LogP contribution in [0.5, 0.6) is 0 Å². The smallest absolute Gasteiger partial charge is 0.251 e. The van der Waals surface area contributed by atoms with Crippen LogP contribution in [0.15, 0.2) is 58.3 Å². The third-order valence-electron chi connectivity index (χ3n) is 3.67. The highest BCUT2D eigenvalue weighted by Gasteiger charge is 2.04. The van der Waals surface area contributed by atoms with Gasteiger partial charge >= 0.3 is 0 Å². The number of carbonyl (C=O) groups is 1. The van der Waals surface area contributed by atoms with Crippen molar-refractivity contribution in [2.45, 2.75) is 19.9 Å². The zero-order valence-electron chi connectivity index (χ0n) is 15.5. The quantitative estimate of drug-likeness (QED) is 0.195. The van der Waals surface area contributed by atoms with Gasteiger partial charge in [0.1, 0.15) is 0 Å². The molecule has 0 saturated carbocycles. The van der Waals surface area contributed by atoms with Crippen LogP contribution < -0.4 is 16.0 Å².